The summed E-state index contributed by atoms with van der Waals surface area (Å²) in [4.78, 5) is 24.9. The maximum atomic E-state index is 12.5. The second-order valence-corrected chi connectivity index (χ2v) is 9.04. The number of nitrogens with one attached hydrogen (secondary N) is 2. The summed E-state index contributed by atoms with van der Waals surface area (Å²) in [6, 6.07) is 21.7. The number of carbonyl (C=O) groups excluding carboxylic acids is 2. The highest BCUT2D eigenvalue weighted by atomic mass is 79.9. The lowest BCUT2D eigenvalue weighted by molar-refractivity contribution is -0.118. The first-order valence-electron chi connectivity index (χ1n) is 9.91. The Bertz CT molecular complexity index is 1080. The van der Waals surface area contributed by atoms with Crippen LogP contribution in [0, 0.1) is 0 Å². The van der Waals surface area contributed by atoms with Gasteiger partial charge in [0.25, 0.3) is 11.8 Å². The van der Waals surface area contributed by atoms with Crippen molar-refractivity contribution in [3.8, 4) is 5.75 Å². The fraction of sp³-hybridized carbons (Fsp3) is 0.200. The number of hydrogen-bond donors (Lipinski definition) is 2. The molecule has 2 N–H and O–H groups in total. The van der Waals surface area contributed by atoms with E-state index in [0.717, 1.165) is 10.0 Å². The Morgan fingerprint density at radius 2 is 1.58 bits per heavy atom. The third-order valence-corrected chi connectivity index (χ3v) is 5.04. The van der Waals surface area contributed by atoms with Crippen molar-refractivity contribution < 1.29 is 14.3 Å². The Labute approximate surface area is 191 Å². The first-order valence-corrected chi connectivity index (χ1v) is 10.7. The molecule has 0 saturated carbocycles. The second kappa shape index (κ2) is 9.79. The minimum Gasteiger partial charge on any atom is -0.483 e. The smallest absolute Gasteiger partial charge is 0.262 e. The zero-order valence-corrected chi connectivity index (χ0v) is 19.3. The predicted octanol–water partition coefficient (Wildman–Crippen LogP) is 6.02. The SMILES string of the molecule is CC(C)(C)c1cc(Br)ccc1OCC(=O)Nc1cccc(C(=O)Nc2ccccc2)c1. The minimum atomic E-state index is -0.302. The van der Waals surface area contributed by atoms with Crippen LogP contribution in [0.15, 0.2) is 77.3 Å². The van der Waals surface area contributed by atoms with E-state index in [0.29, 0.717) is 22.7 Å². The van der Waals surface area contributed by atoms with Crippen LogP contribution in [-0.2, 0) is 10.2 Å². The zero-order valence-electron chi connectivity index (χ0n) is 17.7. The summed E-state index contributed by atoms with van der Waals surface area (Å²) in [7, 11) is 0. The molecule has 31 heavy (non-hydrogen) atoms. The number of hydrogen-bond acceptors (Lipinski definition) is 3. The van der Waals surface area contributed by atoms with Crippen LogP contribution in [0.2, 0.25) is 0 Å². The molecule has 2 amide bonds. The van der Waals surface area contributed by atoms with E-state index in [1.165, 1.54) is 0 Å². The number of rotatable bonds is 6. The molecule has 0 aliphatic rings. The van der Waals surface area contributed by atoms with Crippen molar-refractivity contribution in [1.82, 2.24) is 0 Å². The highest BCUT2D eigenvalue weighted by Crippen LogP contribution is 2.33. The molecule has 0 atom stereocenters. The molecule has 160 valence electrons. The van der Waals surface area contributed by atoms with E-state index in [-0.39, 0.29) is 23.8 Å². The summed E-state index contributed by atoms with van der Waals surface area (Å²) in [6.07, 6.45) is 0. The fourth-order valence-electron chi connectivity index (χ4n) is 3.02. The van der Waals surface area contributed by atoms with Crippen molar-refractivity contribution >= 4 is 39.1 Å². The zero-order chi connectivity index (χ0) is 22.4. The van der Waals surface area contributed by atoms with E-state index < -0.39 is 0 Å². The largest absolute Gasteiger partial charge is 0.483 e. The molecule has 3 aromatic carbocycles. The number of benzene rings is 3. The summed E-state index contributed by atoms with van der Waals surface area (Å²) < 4.78 is 6.76. The summed E-state index contributed by atoms with van der Waals surface area (Å²) in [5, 5.41) is 5.62. The van der Waals surface area contributed by atoms with Crippen molar-refractivity contribution in [3.05, 3.63) is 88.4 Å². The molecular weight excluding hydrogens is 456 g/mol. The van der Waals surface area contributed by atoms with Gasteiger partial charge in [-0.3, -0.25) is 9.59 Å². The fourth-order valence-corrected chi connectivity index (χ4v) is 3.38. The normalized spacial score (nSPS) is 11.0. The summed E-state index contributed by atoms with van der Waals surface area (Å²) in [5.41, 5.74) is 2.57. The molecule has 3 rings (SSSR count). The number of halogens is 1. The monoisotopic (exact) mass is 480 g/mol. The Hall–Kier alpha value is -3.12. The number of anilines is 2. The summed E-state index contributed by atoms with van der Waals surface area (Å²) in [6.45, 7) is 6.14. The lowest BCUT2D eigenvalue weighted by Gasteiger charge is -2.23. The van der Waals surface area contributed by atoms with Crippen LogP contribution in [0.1, 0.15) is 36.7 Å². The van der Waals surface area contributed by atoms with Crippen LogP contribution < -0.4 is 15.4 Å². The molecule has 0 fully saturated rings. The van der Waals surface area contributed by atoms with Crippen molar-refractivity contribution in [2.75, 3.05) is 17.2 Å². The Balaban J connectivity index is 1.63. The van der Waals surface area contributed by atoms with Crippen molar-refractivity contribution in [1.29, 1.82) is 0 Å². The van der Waals surface area contributed by atoms with Crippen LogP contribution in [0.25, 0.3) is 0 Å². The van der Waals surface area contributed by atoms with Gasteiger partial charge >= 0.3 is 0 Å². The van der Waals surface area contributed by atoms with E-state index in [2.05, 4.69) is 47.3 Å². The summed E-state index contributed by atoms with van der Waals surface area (Å²) in [5.74, 6) is 0.119. The summed E-state index contributed by atoms with van der Waals surface area (Å²) >= 11 is 3.48. The van der Waals surface area contributed by atoms with Gasteiger partial charge in [-0.2, -0.15) is 0 Å². The van der Waals surface area contributed by atoms with Gasteiger partial charge < -0.3 is 15.4 Å². The number of para-hydroxylation sites is 1. The molecule has 0 aromatic heterocycles. The maximum absolute atomic E-state index is 12.5. The van der Waals surface area contributed by atoms with Gasteiger partial charge in [0.1, 0.15) is 5.75 Å². The molecule has 5 nitrogen and oxygen atoms in total. The van der Waals surface area contributed by atoms with E-state index in [1.807, 2.05) is 48.5 Å². The highest BCUT2D eigenvalue weighted by molar-refractivity contribution is 9.10. The van der Waals surface area contributed by atoms with Crippen LogP contribution in [0.5, 0.6) is 5.75 Å². The van der Waals surface area contributed by atoms with Crippen molar-refractivity contribution in [3.63, 3.8) is 0 Å². The molecule has 0 heterocycles. The van der Waals surface area contributed by atoms with Gasteiger partial charge in [-0.1, -0.05) is 61.0 Å². The van der Waals surface area contributed by atoms with E-state index in [1.54, 1.807) is 24.3 Å². The lowest BCUT2D eigenvalue weighted by Crippen LogP contribution is -2.22. The molecule has 0 saturated heterocycles. The molecule has 0 radical (unpaired) electrons. The van der Waals surface area contributed by atoms with E-state index >= 15 is 0 Å². The van der Waals surface area contributed by atoms with Crippen LogP contribution in [-0.4, -0.2) is 18.4 Å². The molecule has 0 spiro atoms. The molecule has 3 aromatic rings. The van der Waals surface area contributed by atoms with Gasteiger partial charge in [-0.15, -0.1) is 0 Å². The van der Waals surface area contributed by atoms with Crippen molar-refractivity contribution in [2.45, 2.75) is 26.2 Å². The predicted molar refractivity (Wildman–Crippen MR) is 128 cm³/mol. The third-order valence-electron chi connectivity index (χ3n) is 4.55. The lowest BCUT2D eigenvalue weighted by atomic mass is 9.86. The first-order chi connectivity index (χ1) is 14.7. The number of amides is 2. The molecule has 0 aliphatic heterocycles. The average Bonchev–Trinajstić information content (AvgIpc) is 2.73. The first kappa shape index (κ1) is 22.6. The molecule has 6 heteroatoms. The average molecular weight is 481 g/mol. The van der Waals surface area contributed by atoms with E-state index in [4.69, 9.17) is 4.74 Å². The topological polar surface area (TPSA) is 67.4 Å². The van der Waals surface area contributed by atoms with Gasteiger partial charge in [0.05, 0.1) is 0 Å². The minimum absolute atomic E-state index is 0.129. The Morgan fingerprint density at radius 3 is 2.29 bits per heavy atom. The molecule has 0 bridgehead atoms. The second-order valence-electron chi connectivity index (χ2n) is 8.13. The van der Waals surface area contributed by atoms with Gasteiger partial charge in [-0.25, -0.2) is 0 Å². The van der Waals surface area contributed by atoms with Crippen LogP contribution >= 0.6 is 15.9 Å². The van der Waals surface area contributed by atoms with Gasteiger partial charge in [-0.05, 0) is 53.9 Å². The molecule has 0 unspecified atom stereocenters. The van der Waals surface area contributed by atoms with E-state index in [9.17, 15) is 9.59 Å². The quantitative estimate of drug-likeness (QED) is 0.453. The highest BCUT2D eigenvalue weighted by Gasteiger charge is 2.20. The Morgan fingerprint density at radius 1 is 0.871 bits per heavy atom. The van der Waals surface area contributed by atoms with Crippen LogP contribution in [0.4, 0.5) is 11.4 Å². The number of carbonyl (C=O) groups is 2. The maximum Gasteiger partial charge on any atom is 0.262 e. The number of ether oxygens (including phenoxy) is 1. The van der Waals surface area contributed by atoms with Gasteiger partial charge in [0.2, 0.25) is 0 Å². The molecule has 0 aliphatic carbocycles. The molecular formula is C25H25BrN2O3. The van der Waals surface area contributed by atoms with Crippen LogP contribution in [0.3, 0.4) is 0 Å². The standard InChI is InChI=1S/C25H25BrN2O3/c1-25(2,3)21-15-18(26)12-13-22(21)31-16-23(29)27-20-11-7-8-17(14-20)24(30)28-19-9-5-4-6-10-19/h4-15H,16H2,1-3H3,(H,27,29)(H,28,30). The third kappa shape index (κ3) is 6.43. The van der Waals surface area contributed by atoms with Gasteiger partial charge in [0, 0.05) is 27.0 Å². The van der Waals surface area contributed by atoms with Crippen molar-refractivity contribution in [2.24, 2.45) is 0 Å². The van der Waals surface area contributed by atoms with Gasteiger partial charge in [0.15, 0.2) is 6.61 Å². The Kier molecular flexibility index (Phi) is 7.13.